The van der Waals surface area contributed by atoms with Crippen LogP contribution in [0.25, 0.3) is 0 Å². The van der Waals surface area contributed by atoms with Crippen LogP contribution in [0.1, 0.15) is 31.3 Å². The minimum Gasteiger partial charge on any atom is -0.321 e. The highest BCUT2D eigenvalue weighted by Crippen LogP contribution is 2.06. The number of ketones is 1. The van der Waals surface area contributed by atoms with Gasteiger partial charge >= 0.3 is 0 Å². The van der Waals surface area contributed by atoms with Gasteiger partial charge in [0.15, 0.2) is 5.78 Å². The molecule has 4 heteroatoms. The second-order valence-corrected chi connectivity index (χ2v) is 3.95. The van der Waals surface area contributed by atoms with Crippen LogP contribution in [0, 0.1) is 5.92 Å². The number of nitrogens with zero attached hydrogens (tertiary/aromatic N) is 2. The van der Waals surface area contributed by atoms with E-state index < -0.39 is 6.04 Å². The topological polar surface area (TPSA) is 60.9 Å². The first-order valence-corrected chi connectivity index (χ1v) is 4.84. The lowest BCUT2D eigenvalue weighted by molar-refractivity contribution is 0.0956. The maximum absolute atomic E-state index is 11.6. The van der Waals surface area contributed by atoms with Gasteiger partial charge < -0.3 is 5.73 Å². The standard InChI is InChI=1S/C10H17N3O/c1-7(2)6-13-9(4-5-12-13)10(14)8(3)11/h4-5,7-8H,6,11H2,1-3H3. The average Bonchev–Trinajstić information content (AvgIpc) is 2.49. The highest BCUT2D eigenvalue weighted by atomic mass is 16.1. The SMILES string of the molecule is CC(C)Cn1nccc1C(=O)C(C)N. The summed E-state index contributed by atoms with van der Waals surface area (Å²) >= 11 is 0. The Morgan fingerprint density at radius 3 is 2.71 bits per heavy atom. The Bertz CT molecular complexity index is 315. The number of hydrogen-bond donors (Lipinski definition) is 1. The number of nitrogens with two attached hydrogens (primary N) is 1. The summed E-state index contributed by atoms with van der Waals surface area (Å²) in [5.41, 5.74) is 6.14. The van der Waals surface area contributed by atoms with Crippen LogP contribution in [-0.2, 0) is 6.54 Å². The van der Waals surface area contributed by atoms with E-state index in [0.717, 1.165) is 6.54 Å². The fraction of sp³-hybridized carbons (Fsp3) is 0.600. The third-order valence-electron chi connectivity index (χ3n) is 1.92. The third-order valence-corrected chi connectivity index (χ3v) is 1.92. The van der Waals surface area contributed by atoms with Crippen molar-refractivity contribution in [1.29, 1.82) is 0 Å². The van der Waals surface area contributed by atoms with E-state index in [-0.39, 0.29) is 5.78 Å². The maximum Gasteiger partial charge on any atom is 0.197 e. The first-order valence-electron chi connectivity index (χ1n) is 4.84. The van der Waals surface area contributed by atoms with Crippen LogP contribution in [0.4, 0.5) is 0 Å². The van der Waals surface area contributed by atoms with Crippen LogP contribution < -0.4 is 5.73 Å². The Morgan fingerprint density at radius 2 is 2.21 bits per heavy atom. The molecule has 0 saturated heterocycles. The molecule has 4 nitrogen and oxygen atoms in total. The van der Waals surface area contributed by atoms with E-state index in [1.54, 1.807) is 23.9 Å². The van der Waals surface area contributed by atoms with Crippen LogP contribution in [0.2, 0.25) is 0 Å². The van der Waals surface area contributed by atoms with Gasteiger partial charge in [-0.3, -0.25) is 9.48 Å². The summed E-state index contributed by atoms with van der Waals surface area (Å²) < 4.78 is 1.72. The quantitative estimate of drug-likeness (QED) is 0.731. The number of hydrogen-bond acceptors (Lipinski definition) is 3. The number of rotatable bonds is 4. The zero-order valence-electron chi connectivity index (χ0n) is 8.90. The molecular weight excluding hydrogens is 178 g/mol. The lowest BCUT2D eigenvalue weighted by Crippen LogP contribution is -2.29. The normalized spacial score (nSPS) is 13.2. The van der Waals surface area contributed by atoms with E-state index in [2.05, 4.69) is 18.9 Å². The Morgan fingerprint density at radius 1 is 1.57 bits per heavy atom. The van der Waals surface area contributed by atoms with Crippen molar-refractivity contribution in [2.75, 3.05) is 0 Å². The van der Waals surface area contributed by atoms with E-state index in [0.29, 0.717) is 11.6 Å². The molecule has 0 saturated carbocycles. The molecule has 2 N–H and O–H groups in total. The lowest BCUT2D eigenvalue weighted by atomic mass is 10.1. The zero-order valence-corrected chi connectivity index (χ0v) is 8.90. The number of aromatic nitrogens is 2. The van der Waals surface area contributed by atoms with Crippen molar-refractivity contribution >= 4 is 5.78 Å². The summed E-state index contributed by atoms with van der Waals surface area (Å²) in [4.78, 5) is 11.6. The van der Waals surface area contributed by atoms with Crippen molar-refractivity contribution in [1.82, 2.24) is 9.78 Å². The zero-order chi connectivity index (χ0) is 10.7. The van der Waals surface area contributed by atoms with Crippen LogP contribution in [0.5, 0.6) is 0 Å². The lowest BCUT2D eigenvalue weighted by Gasteiger charge is -2.10. The molecule has 1 heterocycles. The molecule has 14 heavy (non-hydrogen) atoms. The van der Waals surface area contributed by atoms with Crippen LogP contribution >= 0.6 is 0 Å². The minimum atomic E-state index is -0.461. The summed E-state index contributed by atoms with van der Waals surface area (Å²) in [6.07, 6.45) is 1.64. The molecule has 0 aliphatic heterocycles. The molecule has 1 aromatic heterocycles. The second-order valence-electron chi connectivity index (χ2n) is 3.95. The molecule has 0 bridgehead atoms. The molecule has 1 aromatic rings. The van der Waals surface area contributed by atoms with E-state index >= 15 is 0 Å². The largest absolute Gasteiger partial charge is 0.321 e. The Balaban J connectivity index is 2.87. The molecule has 1 rings (SSSR count). The van der Waals surface area contributed by atoms with Crippen molar-refractivity contribution < 1.29 is 4.79 Å². The first-order chi connectivity index (χ1) is 6.52. The van der Waals surface area contributed by atoms with Crippen molar-refractivity contribution in [3.05, 3.63) is 18.0 Å². The Kier molecular flexibility index (Phi) is 3.41. The fourth-order valence-corrected chi connectivity index (χ4v) is 1.27. The van der Waals surface area contributed by atoms with Gasteiger partial charge in [-0.2, -0.15) is 5.10 Å². The molecule has 0 radical (unpaired) electrons. The van der Waals surface area contributed by atoms with Crippen LogP contribution in [-0.4, -0.2) is 21.6 Å². The summed E-state index contributed by atoms with van der Waals surface area (Å²) in [5.74, 6) is 0.415. The Labute approximate surface area is 84.1 Å². The molecule has 0 spiro atoms. The van der Waals surface area contributed by atoms with Gasteiger partial charge in [-0.1, -0.05) is 13.8 Å². The molecule has 0 aromatic carbocycles. The number of carbonyl (C=O) groups is 1. The van der Waals surface area contributed by atoms with Gasteiger partial charge in [-0.05, 0) is 18.9 Å². The van der Waals surface area contributed by atoms with Gasteiger partial charge in [0, 0.05) is 12.7 Å². The monoisotopic (exact) mass is 195 g/mol. The summed E-state index contributed by atoms with van der Waals surface area (Å²) in [7, 11) is 0. The molecule has 0 fully saturated rings. The van der Waals surface area contributed by atoms with Crippen molar-refractivity contribution in [3.8, 4) is 0 Å². The van der Waals surface area contributed by atoms with Gasteiger partial charge in [0.25, 0.3) is 0 Å². The van der Waals surface area contributed by atoms with E-state index in [1.165, 1.54) is 0 Å². The molecule has 0 aliphatic rings. The fourth-order valence-electron chi connectivity index (χ4n) is 1.27. The highest BCUT2D eigenvalue weighted by Gasteiger charge is 2.15. The smallest absolute Gasteiger partial charge is 0.197 e. The van der Waals surface area contributed by atoms with Crippen molar-refractivity contribution in [3.63, 3.8) is 0 Å². The van der Waals surface area contributed by atoms with Crippen LogP contribution in [0.15, 0.2) is 12.3 Å². The van der Waals surface area contributed by atoms with Gasteiger partial charge in [0.05, 0.1) is 6.04 Å². The van der Waals surface area contributed by atoms with E-state index in [9.17, 15) is 4.79 Å². The van der Waals surface area contributed by atoms with Crippen molar-refractivity contribution in [2.24, 2.45) is 11.7 Å². The third kappa shape index (κ3) is 2.42. The highest BCUT2D eigenvalue weighted by molar-refractivity contribution is 5.98. The predicted molar refractivity (Wildman–Crippen MR) is 55.0 cm³/mol. The number of carbonyl (C=O) groups excluding carboxylic acids is 1. The second kappa shape index (κ2) is 4.37. The molecule has 0 amide bonds. The predicted octanol–water partition coefficient (Wildman–Crippen LogP) is 1.07. The van der Waals surface area contributed by atoms with E-state index in [1.807, 2.05) is 0 Å². The van der Waals surface area contributed by atoms with Gasteiger partial charge in [-0.25, -0.2) is 0 Å². The molecule has 1 unspecified atom stereocenters. The first kappa shape index (κ1) is 10.9. The van der Waals surface area contributed by atoms with Gasteiger partial charge in [0.2, 0.25) is 0 Å². The minimum absolute atomic E-state index is 0.0526. The summed E-state index contributed by atoms with van der Waals surface area (Å²) in [6.45, 7) is 6.61. The Hall–Kier alpha value is -1.16. The van der Waals surface area contributed by atoms with Crippen LogP contribution in [0.3, 0.4) is 0 Å². The average molecular weight is 195 g/mol. The molecule has 0 aliphatic carbocycles. The molecular formula is C10H17N3O. The maximum atomic E-state index is 11.6. The number of Topliss-reactive ketones (excluding diaryl/α,β-unsaturated/α-hetero) is 1. The molecule has 1 atom stereocenters. The van der Waals surface area contributed by atoms with Gasteiger partial charge in [-0.15, -0.1) is 0 Å². The summed E-state index contributed by atoms with van der Waals surface area (Å²) in [5, 5.41) is 4.10. The molecule has 78 valence electrons. The van der Waals surface area contributed by atoms with E-state index in [4.69, 9.17) is 5.73 Å². The van der Waals surface area contributed by atoms with Gasteiger partial charge in [0.1, 0.15) is 5.69 Å². The van der Waals surface area contributed by atoms with Crippen molar-refractivity contribution in [2.45, 2.75) is 33.4 Å². The summed E-state index contributed by atoms with van der Waals surface area (Å²) in [6, 6.07) is 1.26.